The van der Waals surface area contributed by atoms with Gasteiger partial charge in [-0.3, -0.25) is 0 Å². The van der Waals surface area contributed by atoms with Crippen molar-refractivity contribution < 1.29 is 10.2 Å². The van der Waals surface area contributed by atoms with E-state index in [2.05, 4.69) is 0 Å². The molecule has 0 bridgehead atoms. The zero-order valence-corrected chi connectivity index (χ0v) is 5.83. The summed E-state index contributed by atoms with van der Waals surface area (Å²) in [5.74, 6) is 0.199. The van der Waals surface area contributed by atoms with E-state index >= 15 is 0 Å². The SMILES string of the molecule is Cc1cccc(CO)c1O. The Morgan fingerprint density at radius 2 is 2.10 bits per heavy atom. The van der Waals surface area contributed by atoms with Crippen molar-refractivity contribution in [3.63, 3.8) is 0 Å². The van der Waals surface area contributed by atoms with Crippen molar-refractivity contribution in [2.75, 3.05) is 0 Å². The molecule has 2 heteroatoms. The number of aryl methyl sites for hydroxylation is 1. The third-order valence-electron chi connectivity index (χ3n) is 1.49. The fourth-order valence-corrected chi connectivity index (χ4v) is 0.847. The van der Waals surface area contributed by atoms with Crippen LogP contribution in [0.1, 0.15) is 11.1 Å². The van der Waals surface area contributed by atoms with Crippen LogP contribution in [0.15, 0.2) is 18.2 Å². The molecule has 0 aliphatic carbocycles. The van der Waals surface area contributed by atoms with Crippen LogP contribution in [0.4, 0.5) is 0 Å². The van der Waals surface area contributed by atoms with Gasteiger partial charge >= 0.3 is 0 Å². The average molecular weight is 138 g/mol. The lowest BCUT2D eigenvalue weighted by molar-refractivity contribution is 0.275. The van der Waals surface area contributed by atoms with Gasteiger partial charge in [-0.25, -0.2) is 0 Å². The zero-order valence-electron chi connectivity index (χ0n) is 5.83. The molecule has 0 aromatic heterocycles. The Bertz CT molecular complexity index is 231. The van der Waals surface area contributed by atoms with Gasteiger partial charge in [-0.1, -0.05) is 18.2 Å². The van der Waals surface area contributed by atoms with Crippen LogP contribution in [-0.4, -0.2) is 10.2 Å². The lowest BCUT2D eigenvalue weighted by Crippen LogP contribution is -1.85. The highest BCUT2D eigenvalue weighted by atomic mass is 16.3. The number of rotatable bonds is 1. The van der Waals surface area contributed by atoms with Gasteiger partial charge in [-0.05, 0) is 12.5 Å². The molecule has 0 aliphatic heterocycles. The van der Waals surface area contributed by atoms with Gasteiger partial charge in [0.1, 0.15) is 5.75 Å². The summed E-state index contributed by atoms with van der Waals surface area (Å²) >= 11 is 0. The number of hydrogen-bond donors (Lipinski definition) is 2. The summed E-state index contributed by atoms with van der Waals surface area (Å²) in [5.41, 5.74) is 1.38. The van der Waals surface area contributed by atoms with Crippen LogP contribution in [0.25, 0.3) is 0 Å². The van der Waals surface area contributed by atoms with Crippen LogP contribution < -0.4 is 0 Å². The number of para-hydroxylation sites is 1. The predicted octanol–water partition coefficient (Wildman–Crippen LogP) is 1.19. The maximum absolute atomic E-state index is 9.24. The van der Waals surface area contributed by atoms with Crippen LogP contribution in [0.2, 0.25) is 0 Å². The third-order valence-corrected chi connectivity index (χ3v) is 1.49. The highest BCUT2D eigenvalue weighted by molar-refractivity contribution is 5.38. The van der Waals surface area contributed by atoms with E-state index in [1.54, 1.807) is 25.1 Å². The van der Waals surface area contributed by atoms with E-state index in [0.717, 1.165) is 5.56 Å². The Balaban J connectivity index is 3.14. The van der Waals surface area contributed by atoms with Crippen molar-refractivity contribution >= 4 is 0 Å². The second kappa shape index (κ2) is 2.71. The molecule has 10 heavy (non-hydrogen) atoms. The minimum Gasteiger partial charge on any atom is -0.507 e. The van der Waals surface area contributed by atoms with E-state index in [9.17, 15) is 5.11 Å². The average Bonchev–Trinajstić information content (AvgIpc) is 1.95. The molecule has 0 fully saturated rings. The highest BCUT2D eigenvalue weighted by Crippen LogP contribution is 2.20. The summed E-state index contributed by atoms with van der Waals surface area (Å²) in [6, 6.07) is 5.30. The molecule has 2 nitrogen and oxygen atoms in total. The highest BCUT2D eigenvalue weighted by Gasteiger charge is 1.99. The number of aliphatic hydroxyl groups excluding tert-OH is 1. The molecule has 0 saturated carbocycles. The molecular formula is C8H10O2. The van der Waals surface area contributed by atoms with Gasteiger partial charge < -0.3 is 10.2 Å². The van der Waals surface area contributed by atoms with Gasteiger partial charge in [0.2, 0.25) is 0 Å². The number of hydrogen-bond acceptors (Lipinski definition) is 2. The first-order valence-corrected chi connectivity index (χ1v) is 3.14. The van der Waals surface area contributed by atoms with Crippen LogP contribution >= 0.6 is 0 Å². The maximum Gasteiger partial charge on any atom is 0.123 e. The van der Waals surface area contributed by atoms with Crippen LogP contribution in [-0.2, 0) is 6.61 Å². The molecule has 1 aromatic rings. The third kappa shape index (κ3) is 1.11. The normalized spacial score (nSPS) is 9.80. The minimum absolute atomic E-state index is 0.104. The van der Waals surface area contributed by atoms with E-state index in [4.69, 9.17) is 5.11 Å². The lowest BCUT2D eigenvalue weighted by atomic mass is 10.1. The molecule has 0 atom stereocenters. The van der Waals surface area contributed by atoms with Gasteiger partial charge in [0.25, 0.3) is 0 Å². The van der Waals surface area contributed by atoms with E-state index in [0.29, 0.717) is 5.56 Å². The molecule has 2 N–H and O–H groups in total. The number of benzene rings is 1. The fourth-order valence-electron chi connectivity index (χ4n) is 0.847. The van der Waals surface area contributed by atoms with Crippen molar-refractivity contribution in [2.45, 2.75) is 13.5 Å². The van der Waals surface area contributed by atoms with Crippen molar-refractivity contribution in [2.24, 2.45) is 0 Å². The number of phenols is 1. The maximum atomic E-state index is 9.24. The molecular weight excluding hydrogens is 128 g/mol. The van der Waals surface area contributed by atoms with Crippen LogP contribution in [0, 0.1) is 6.92 Å². The molecule has 0 aliphatic rings. The van der Waals surface area contributed by atoms with Crippen LogP contribution in [0.5, 0.6) is 5.75 Å². The van der Waals surface area contributed by atoms with Gasteiger partial charge in [-0.2, -0.15) is 0 Å². The molecule has 1 rings (SSSR count). The summed E-state index contributed by atoms with van der Waals surface area (Å²) in [5, 5.41) is 17.9. The number of aliphatic hydroxyl groups is 1. The monoisotopic (exact) mass is 138 g/mol. The van der Waals surface area contributed by atoms with Gasteiger partial charge in [0, 0.05) is 5.56 Å². The Hall–Kier alpha value is -1.02. The summed E-state index contributed by atoms with van der Waals surface area (Å²) in [6.07, 6.45) is 0. The van der Waals surface area contributed by atoms with E-state index in [1.165, 1.54) is 0 Å². The van der Waals surface area contributed by atoms with E-state index in [-0.39, 0.29) is 12.4 Å². The Kier molecular flexibility index (Phi) is 1.92. The topological polar surface area (TPSA) is 40.5 Å². The summed E-state index contributed by atoms with van der Waals surface area (Å²) in [4.78, 5) is 0. The quantitative estimate of drug-likeness (QED) is 0.612. The largest absolute Gasteiger partial charge is 0.507 e. The summed E-state index contributed by atoms with van der Waals surface area (Å²) in [6.45, 7) is 1.70. The first-order valence-electron chi connectivity index (χ1n) is 3.14. The van der Waals surface area contributed by atoms with Gasteiger partial charge in [-0.15, -0.1) is 0 Å². The van der Waals surface area contributed by atoms with Gasteiger partial charge in [0.05, 0.1) is 6.61 Å². The summed E-state index contributed by atoms with van der Waals surface area (Å²) < 4.78 is 0. The molecule has 0 heterocycles. The van der Waals surface area contributed by atoms with Crippen molar-refractivity contribution in [3.8, 4) is 5.75 Å². The van der Waals surface area contributed by atoms with Gasteiger partial charge in [0.15, 0.2) is 0 Å². The zero-order chi connectivity index (χ0) is 7.56. The smallest absolute Gasteiger partial charge is 0.123 e. The molecule has 0 saturated heterocycles. The Morgan fingerprint density at radius 1 is 1.40 bits per heavy atom. The minimum atomic E-state index is -0.104. The first kappa shape index (κ1) is 7.09. The van der Waals surface area contributed by atoms with E-state index < -0.39 is 0 Å². The second-order valence-electron chi connectivity index (χ2n) is 2.24. The number of aromatic hydroxyl groups is 1. The Morgan fingerprint density at radius 3 is 2.60 bits per heavy atom. The molecule has 0 amide bonds. The first-order chi connectivity index (χ1) is 4.75. The fraction of sp³-hybridized carbons (Fsp3) is 0.250. The molecule has 0 radical (unpaired) electrons. The molecule has 54 valence electrons. The second-order valence-corrected chi connectivity index (χ2v) is 2.24. The standard InChI is InChI=1S/C8H10O2/c1-6-3-2-4-7(5-9)8(6)10/h2-4,9-10H,5H2,1H3. The molecule has 0 spiro atoms. The lowest BCUT2D eigenvalue weighted by Gasteiger charge is -2.01. The van der Waals surface area contributed by atoms with Crippen molar-refractivity contribution in [1.29, 1.82) is 0 Å². The van der Waals surface area contributed by atoms with Crippen LogP contribution in [0.3, 0.4) is 0 Å². The summed E-state index contributed by atoms with van der Waals surface area (Å²) in [7, 11) is 0. The Labute approximate surface area is 59.7 Å². The predicted molar refractivity (Wildman–Crippen MR) is 38.8 cm³/mol. The van der Waals surface area contributed by atoms with E-state index in [1.807, 2.05) is 0 Å². The van der Waals surface area contributed by atoms with Crippen molar-refractivity contribution in [1.82, 2.24) is 0 Å². The van der Waals surface area contributed by atoms with Crippen molar-refractivity contribution in [3.05, 3.63) is 29.3 Å². The molecule has 1 aromatic carbocycles. The molecule has 0 unspecified atom stereocenters.